The van der Waals surface area contributed by atoms with Gasteiger partial charge in [0.15, 0.2) is 0 Å². The van der Waals surface area contributed by atoms with E-state index in [-0.39, 0.29) is 16.8 Å². The van der Waals surface area contributed by atoms with E-state index in [0.717, 1.165) is 19.3 Å². The van der Waals surface area contributed by atoms with Gasteiger partial charge in [-0.3, -0.25) is 10.1 Å². The van der Waals surface area contributed by atoms with Crippen molar-refractivity contribution in [3.05, 3.63) is 33.9 Å². The van der Waals surface area contributed by atoms with Gasteiger partial charge in [0.25, 0.3) is 5.69 Å². The van der Waals surface area contributed by atoms with Crippen molar-refractivity contribution in [3.63, 3.8) is 0 Å². The molecule has 0 heterocycles. The van der Waals surface area contributed by atoms with Crippen LogP contribution < -0.4 is 5.32 Å². The summed E-state index contributed by atoms with van der Waals surface area (Å²) in [4.78, 5) is 21.0. The Kier molecular flexibility index (Phi) is 2.94. The number of hydrogen-bond donors (Lipinski definition) is 2. The molecule has 1 aromatic rings. The zero-order chi connectivity index (χ0) is 13.3. The molecule has 96 valence electrons. The molecule has 0 radical (unpaired) electrons. The van der Waals surface area contributed by atoms with Gasteiger partial charge in [-0.05, 0) is 38.3 Å². The molecule has 0 saturated heterocycles. The number of benzene rings is 1. The van der Waals surface area contributed by atoms with Gasteiger partial charge in [0.1, 0.15) is 5.56 Å². The van der Waals surface area contributed by atoms with Crippen molar-refractivity contribution >= 4 is 17.3 Å². The Hall–Kier alpha value is -2.11. The number of carboxylic acids is 1. The summed E-state index contributed by atoms with van der Waals surface area (Å²) in [5.74, 6) is -1.29. The van der Waals surface area contributed by atoms with Crippen LogP contribution in [0.5, 0.6) is 0 Å². The number of aromatic carboxylic acids is 1. The molecule has 1 aromatic carbocycles. The molecule has 18 heavy (non-hydrogen) atoms. The first-order valence-electron chi connectivity index (χ1n) is 5.71. The highest BCUT2D eigenvalue weighted by Crippen LogP contribution is 2.35. The van der Waals surface area contributed by atoms with Gasteiger partial charge >= 0.3 is 5.97 Å². The van der Waals surface area contributed by atoms with Crippen molar-refractivity contribution in [1.82, 2.24) is 0 Å². The molecule has 1 saturated carbocycles. The smallest absolute Gasteiger partial charge is 0.342 e. The Morgan fingerprint density at radius 3 is 2.61 bits per heavy atom. The van der Waals surface area contributed by atoms with Gasteiger partial charge in [-0.2, -0.15) is 0 Å². The molecule has 2 N–H and O–H groups in total. The second kappa shape index (κ2) is 4.29. The fourth-order valence-corrected chi connectivity index (χ4v) is 2.12. The first-order valence-corrected chi connectivity index (χ1v) is 5.71. The number of nitrogens with zero attached hydrogens (tertiary/aromatic N) is 1. The standard InChI is InChI=1S/C12H14N2O4/c1-12(5-2-6-12)13-8-3-4-9(11(15)16)10(7-8)14(17)18/h3-4,7,13H,2,5-6H2,1H3,(H,15,16). The number of anilines is 1. The molecule has 1 aliphatic carbocycles. The highest BCUT2D eigenvalue weighted by atomic mass is 16.6. The maximum atomic E-state index is 10.9. The van der Waals surface area contributed by atoms with E-state index in [4.69, 9.17) is 5.11 Å². The SMILES string of the molecule is CC1(Nc2ccc(C(=O)O)c([N+](=O)[O-])c2)CCC1. The van der Waals surface area contributed by atoms with Crippen LogP contribution in [-0.4, -0.2) is 21.5 Å². The summed E-state index contributed by atoms with van der Waals surface area (Å²) in [7, 11) is 0. The van der Waals surface area contributed by atoms with E-state index in [1.807, 2.05) is 6.92 Å². The summed E-state index contributed by atoms with van der Waals surface area (Å²) in [6, 6.07) is 4.12. The van der Waals surface area contributed by atoms with Crippen molar-refractivity contribution in [2.45, 2.75) is 31.7 Å². The lowest BCUT2D eigenvalue weighted by molar-refractivity contribution is -0.385. The fraction of sp³-hybridized carbons (Fsp3) is 0.417. The molecule has 6 heteroatoms. The summed E-state index contributed by atoms with van der Waals surface area (Å²) in [5, 5.41) is 22.9. The Balaban J connectivity index is 2.31. The maximum absolute atomic E-state index is 10.9. The fourth-order valence-electron chi connectivity index (χ4n) is 2.12. The zero-order valence-corrected chi connectivity index (χ0v) is 9.97. The van der Waals surface area contributed by atoms with E-state index in [9.17, 15) is 14.9 Å². The van der Waals surface area contributed by atoms with Crippen molar-refractivity contribution in [3.8, 4) is 0 Å². The monoisotopic (exact) mass is 250 g/mol. The molecule has 0 bridgehead atoms. The lowest BCUT2D eigenvalue weighted by Gasteiger charge is -2.40. The van der Waals surface area contributed by atoms with Crippen molar-refractivity contribution in [1.29, 1.82) is 0 Å². The van der Waals surface area contributed by atoms with E-state index < -0.39 is 10.9 Å². The third kappa shape index (κ3) is 2.27. The van der Waals surface area contributed by atoms with Crippen LogP contribution in [0.3, 0.4) is 0 Å². The molecule has 0 aromatic heterocycles. The molecular formula is C12H14N2O4. The molecule has 6 nitrogen and oxygen atoms in total. The number of carboxylic acid groups (broad SMARTS) is 1. The average molecular weight is 250 g/mol. The molecule has 0 spiro atoms. The second-order valence-electron chi connectivity index (χ2n) is 4.83. The lowest BCUT2D eigenvalue weighted by atomic mass is 9.78. The molecule has 1 aliphatic rings. The predicted molar refractivity (Wildman–Crippen MR) is 65.9 cm³/mol. The summed E-state index contributed by atoms with van der Waals surface area (Å²) < 4.78 is 0. The van der Waals surface area contributed by atoms with Crippen LogP contribution in [0.25, 0.3) is 0 Å². The first kappa shape index (κ1) is 12.3. The van der Waals surface area contributed by atoms with Crippen molar-refractivity contribution in [2.75, 3.05) is 5.32 Å². The van der Waals surface area contributed by atoms with Gasteiger partial charge in [-0.1, -0.05) is 0 Å². The maximum Gasteiger partial charge on any atom is 0.342 e. The molecule has 1 fully saturated rings. The summed E-state index contributed by atoms with van der Waals surface area (Å²) in [6.07, 6.45) is 3.17. The van der Waals surface area contributed by atoms with Gasteiger partial charge in [-0.25, -0.2) is 4.79 Å². The van der Waals surface area contributed by atoms with Gasteiger partial charge in [0.2, 0.25) is 0 Å². The third-order valence-electron chi connectivity index (χ3n) is 3.33. The first-order chi connectivity index (χ1) is 8.41. The Bertz CT molecular complexity index is 509. The van der Waals surface area contributed by atoms with Gasteiger partial charge < -0.3 is 10.4 Å². The quantitative estimate of drug-likeness (QED) is 0.633. The third-order valence-corrected chi connectivity index (χ3v) is 3.33. The normalized spacial score (nSPS) is 16.7. The average Bonchev–Trinajstić information content (AvgIpc) is 2.26. The minimum Gasteiger partial charge on any atom is -0.477 e. The largest absolute Gasteiger partial charge is 0.477 e. The van der Waals surface area contributed by atoms with Gasteiger partial charge in [0, 0.05) is 17.3 Å². The Morgan fingerprint density at radius 1 is 1.50 bits per heavy atom. The molecular weight excluding hydrogens is 236 g/mol. The van der Waals surface area contributed by atoms with Crippen LogP contribution in [0, 0.1) is 10.1 Å². The minimum atomic E-state index is -1.29. The summed E-state index contributed by atoms with van der Waals surface area (Å²) in [6.45, 7) is 2.05. The zero-order valence-electron chi connectivity index (χ0n) is 9.97. The number of carbonyl (C=O) groups is 1. The lowest BCUT2D eigenvalue weighted by Crippen LogP contribution is -2.41. The van der Waals surface area contributed by atoms with Crippen LogP contribution in [0.1, 0.15) is 36.5 Å². The molecule has 0 unspecified atom stereocenters. The Morgan fingerprint density at radius 2 is 2.17 bits per heavy atom. The van der Waals surface area contributed by atoms with Crippen LogP contribution in [0.4, 0.5) is 11.4 Å². The van der Waals surface area contributed by atoms with E-state index in [1.165, 1.54) is 12.1 Å². The Labute approximate surface area is 104 Å². The van der Waals surface area contributed by atoms with Crippen LogP contribution >= 0.6 is 0 Å². The van der Waals surface area contributed by atoms with Crippen LogP contribution in [0.2, 0.25) is 0 Å². The predicted octanol–water partition coefficient (Wildman–Crippen LogP) is 2.65. The van der Waals surface area contributed by atoms with E-state index in [1.54, 1.807) is 6.07 Å². The number of nitro benzene ring substituents is 1. The molecule has 0 atom stereocenters. The summed E-state index contributed by atoms with van der Waals surface area (Å²) >= 11 is 0. The molecule has 0 aliphatic heterocycles. The van der Waals surface area contributed by atoms with Crippen LogP contribution in [-0.2, 0) is 0 Å². The van der Waals surface area contributed by atoms with Gasteiger partial charge in [-0.15, -0.1) is 0 Å². The van der Waals surface area contributed by atoms with Crippen molar-refractivity contribution < 1.29 is 14.8 Å². The number of rotatable bonds is 4. The van der Waals surface area contributed by atoms with Crippen molar-refractivity contribution in [2.24, 2.45) is 0 Å². The van der Waals surface area contributed by atoms with E-state index in [2.05, 4.69) is 5.32 Å². The number of hydrogen-bond acceptors (Lipinski definition) is 4. The number of nitrogens with one attached hydrogen (secondary N) is 1. The minimum absolute atomic E-state index is 0.0292. The second-order valence-corrected chi connectivity index (χ2v) is 4.83. The highest BCUT2D eigenvalue weighted by molar-refractivity contribution is 5.93. The topological polar surface area (TPSA) is 92.5 Å². The number of nitro groups is 1. The van der Waals surface area contributed by atoms with E-state index in [0.29, 0.717) is 5.69 Å². The van der Waals surface area contributed by atoms with Crippen LogP contribution in [0.15, 0.2) is 18.2 Å². The summed E-state index contributed by atoms with van der Waals surface area (Å²) in [5.41, 5.74) is -0.104. The van der Waals surface area contributed by atoms with Gasteiger partial charge in [0.05, 0.1) is 4.92 Å². The van der Waals surface area contributed by atoms with E-state index >= 15 is 0 Å². The molecule has 0 amide bonds. The molecule has 2 rings (SSSR count). The highest BCUT2D eigenvalue weighted by Gasteiger charge is 2.32.